The van der Waals surface area contributed by atoms with Gasteiger partial charge in [0.25, 0.3) is 5.91 Å². The van der Waals surface area contributed by atoms with E-state index in [0.29, 0.717) is 10.6 Å². The zero-order valence-electron chi connectivity index (χ0n) is 15.1. The fourth-order valence-corrected chi connectivity index (χ4v) is 4.23. The van der Waals surface area contributed by atoms with E-state index in [1.807, 2.05) is 0 Å². The van der Waals surface area contributed by atoms with Gasteiger partial charge in [0.05, 0.1) is 18.2 Å². The van der Waals surface area contributed by atoms with Crippen LogP contribution in [0.15, 0.2) is 24.5 Å². The van der Waals surface area contributed by atoms with Gasteiger partial charge in [0.1, 0.15) is 5.00 Å². The largest absolute Gasteiger partial charge is 0.465 e. The molecule has 7 nitrogen and oxygen atoms in total. The molecule has 1 amide bonds. The van der Waals surface area contributed by atoms with Gasteiger partial charge < -0.3 is 14.8 Å². The second-order valence-corrected chi connectivity index (χ2v) is 7.29. The first kappa shape index (κ1) is 19.0. The maximum absolute atomic E-state index is 12.5. The lowest BCUT2D eigenvalue weighted by Crippen LogP contribution is -2.30. The summed E-state index contributed by atoms with van der Waals surface area (Å²) in [7, 11) is 1.32. The number of fused-ring (bicyclic) bond motifs is 1. The third kappa shape index (κ3) is 4.16. The van der Waals surface area contributed by atoms with Crippen molar-refractivity contribution in [3.63, 3.8) is 0 Å². The summed E-state index contributed by atoms with van der Waals surface area (Å²) in [5.41, 5.74) is 1.63. The number of aromatic nitrogens is 1. The van der Waals surface area contributed by atoms with Gasteiger partial charge in [0.15, 0.2) is 6.10 Å². The van der Waals surface area contributed by atoms with Crippen LogP contribution in [0.1, 0.15) is 50.9 Å². The minimum Gasteiger partial charge on any atom is -0.465 e. The smallest absolute Gasteiger partial charge is 0.341 e. The second-order valence-electron chi connectivity index (χ2n) is 6.19. The number of rotatable bonds is 5. The number of anilines is 1. The van der Waals surface area contributed by atoms with Gasteiger partial charge in [0, 0.05) is 17.3 Å². The quantitative estimate of drug-likeness (QED) is 0.792. The van der Waals surface area contributed by atoms with Gasteiger partial charge in [-0.05, 0) is 50.3 Å². The SMILES string of the molecule is COC(=O)c1c(NC(=O)[C@H](C)OC(=O)c2cccnc2)sc2c1CCCC2. The fourth-order valence-electron chi connectivity index (χ4n) is 2.95. The summed E-state index contributed by atoms with van der Waals surface area (Å²) in [4.78, 5) is 41.8. The van der Waals surface area contributed by atoms with Crippen LogP contribution in [0.3, 0.4) is 0 Å². The molecule has 1 aliphatic rings. The van der Waals surface area contributed by atoms with Crippen molar-refractivity contribution in [2.24, 2.45) is 0 Å². The molecule has 0 aromatic carbocycles. The molecule has 0 aliphatic heterocycles. The third-order valence-electron chi connectivity index (χ3n) is 4.35. The average molecular weight is 388 g/mol. The lowest BCUT2D eigenvalue weighted by molar-refractivity contribution is -0.123. The summed E-state index contributed by atoms with van der Waals surface area (Å²) < 4.78 is 10.1. The number of nitrogens with one attached hydrogen (secondary N) is 1. The Morgan fingerprint density at radius 2 is 2.00 bits per heavy atom. The number of hydrogen-bond acceptors (Lipinski definition) is 7. The van der Waals surface area contributed by atoms with Gasteiger partial charge >= 0.3 is 11.9 Å². The van der Waals surface area contributed by atoms with Gasteiger partial charge in [-0.25, -0.2) is 9.59 Å². The number of amides is 1. The van der Waals surface area contributed by atoms with Crippen molar-refractivity contribution >= 4 is 34.2 Å². The normalized spacial score (nSPS) is 14.0. The van der Waals surface area contributed by atoms with E-state index in [9.17, 15) is 14.4 Å². The van der Waals surface area contributed by atoms with Crippen molar-refractivity contribution in [3.05, 3.63) is 46.1 Å². The maximum Gasteiger partial charge on any atom is 0.341 e. The molecule has 2 aromatic rings. The van der Waals surface area contributed by atoms with Crippen molar-refractivity contribution in [1.82, 2.24) is 4.98 Å². The van der Waals surface area contributed by atoms with Crippen LogP contribution in [0.2, 0.25) is 0 Å². The van der Waals surface area contributed by atoms with E-state index < -0.39 is 23.9 Å². The van der Waals surface area contributed by atoms with Crippen LogP contribution in [-0.2, 0) is 27.1 Å². The highest BCUT2D eigenvalue weighted by atomic mass is 32.1. The molecule has 0 unspecified atom stereocenters. The highest BCUT2D eigenvalue weighted by Crippen LogP contribution is 2.38. The molecule has 1 atom stereocenters. The summed E-state index contributed by atoms with van der Waals surface area (Å²) in [6, 6.07) is 3.17. The molecular weight excluding hydrogens is 368 g/mol. The molecule has 8 heteroatoms. The number of nitrogens with zero attached hydrogens (tertiary/aromatic N) is 1. The van der Waals surface area contributed by atoms with Crippen molar-refractivity contribution in [3.8, 4) is 0 Å². The van der Waals surface area contributed by atoms with Crippen molar-refractivity contribution in [2.75, 3.05) is 12.4 Å². The molecule has 1 aliphatic carbocycles. The number of esters is 2. The van der Waals surface area contributed by atoms with Gasteiger partial charge in [-0.15, -0.1) is 11.3 Å². The molecule has 0 spiro atoms. The molecule has 3 rings (SSSR count). The first-order valence-corrected chi connectivity index (χ1v) is 9.47. The standard InChI is InChI=1S/C19H20N2O5S/c1-11(26-18(23)12-6-5-9-20-10-12)16(22)21-17-15(19(24)25-2)13-7-3-4-8-14(13)27-17/h5-6,9-11H,3-4,7-8H2,1-2H3,(H,21,22)/t11-/m0/s1. The molecule has 0 bridgehead atoms. The number of ether oxygens (including phenoxy) is 2. The molecule has 0 fully saturated rings. The molecule has 0 radical (unpaired) electrons. The number of hydrogen-bond donors (Lipinski definition) is 1. The number of carbonyl (C=O) groups excluding carboxylic acids is 3. The van der Waals surface area contributed by atoms with Crippen LogP contribution in [0.25, 0.3) is 0 Å². The Morgan fingerprint density at radius 1 is 1.22 bits per heavy atom. The van der Waals surface area contributed by atoms with E-state index in [-0.39, 0.29) is 5.56 Å². The molecule has 27 heavy (non-hydrogen) atoms. The lowest BCUT2D eigenvalue weighted by atomic mass is 9.95. The third-order valence-corrected chi connectivity index (χ3v) is 5.56. The Balaban J connectivity index is 1.74. The van der Waals surface area contributed by atoms with E-state index >= 15 is 0 Å². The highest BCUT2D eigenvalue weighted by Gasteiger charge is 2.28. The van der Waals surface area contributed by atoms with Gasteiger partial charge in [-0.2, -0.15) is 0 Å². The van der Waals surface area contributed by atoms with Crippen LogP contribution in [-0.4, -0.2) is 36.0 Å². The molecule has 0 saturated carbocycles. The lowest BCUT2D eigenvalue weighted by Gasteiger charge is -2.14. The highest BCUT2D eigenvalue weighted by molar-refractivity contribution is 7.17. The zero-order chi connectivity index (χ0) is 19.4. The summed E-state index contributed by atoms with van der Waals surface area (Å²) >= 11 is 1.38. The second kappa shape index (κ2) is 8.30. The predicted octanol–water partition coefficient (Wildman–Crippen LogP) is 2.99. The Labute approximate surface area is 160 Å². The average Bonchev–Trinajstić information content (AvgIpc) is 3.05. The van der Waals surface area contributed by atoms with E-state index in [4.69, 9.17) is 9.47 Å². The molecule has 142 valence electrons. The molecular formula is C19H20N2O5S. The number of aryl methyl sites for hydroxylation is 1. The van der Waals surface area contributed by atoms with E-state index in [2.05, 4.69) is 10.3 Å². The summed E-state index contributed by atoms with van der Waals surface area (Å²) in [6.07, 6.45) is 5.61. The number of thiophene rings is 1. The molecule has 1 N–H and O–H groups in total. The first-order valence-electron chi connectivity index (χ1n) is 8.66. The minimum absolute atomic E-state index is 0.263. The fraction of sp³-hybridized carbons (Fsp3) is 0.368. The number of methoxy groups -OCH3 is 1. The predicted molar refractivity (Wildman–Crippen MR) is 100 cm³/mol. The molecule has 0 saturated heterocycles. The van der Waals surface area contributed by atoms with Crippen molar-refractivity contribution in [1.29, 1.82) is 0 Å². The maximum atomic E-state index is 12.5. The van der Waals surface area contributed by atoms with E-state index in [1.165, 1.54) is 31.6 Å². The van der Waals surface area contributed by atoms with Crippen molar-refractivity contribution < 1.29 is 23.9 Å². The number of carbonyl (C=O) groups is 3. The van der Waals surface area contributed by atoms with E-state index in [0.717, 1.165) is 36.1 Å². The summed E-state index contributed by atoms with van der Waals surface area (Å²) in [5, 5.41) is 3.17. The number of pyridine rings is 1. The Morgan fingerprint density at radius 3 is 2.70 bits per heavy atom. The van der Waals surface area contributed by atoms with E-state index in [1.54, 1.807) is 18.3 Å². The molecule has 2 aromatic heterocycles. The molecule has 2 heterocycles. The topological polar surface area (TPSA) is 94.6 Å². The van der Waals surface area contributed by atoms with Crippen LogP contribution in [0, 0.1) is 0 Å². The van der Waals surface area contributed by atoms with Crippen LogP contribution >= 0.6 is 11.3 Å². The van der Waals surface area contributed by atoms with Crippen LogP contribution < -0.4 is 5.32 Å². The Kier molecular flexibility index (Phi) is 5.85. The Hall–Kier alpha value is -2.74. The Bertz CT molecular complexity index is 862. The van der Waals surface area contributed by atoms with Crippen LogP contribution in [0.4, 0.5) is 5.00 Å². The summed E-state index contributed by atoms with van der Waals surface area (Å²) in [6.45, 7) is 1.48. The van der Waals surface area contributed by atoms with Gasteiger partial charge in [-0.3, -0.25) is 9.78 Å². The van der Waals surface area contributed by atoms with Crippen molar-refractivity contribution in [2.45, 2.75) is 38.7 Å². The minimum atomic E-state index is -1.03. The van der Waals surface area contributed by atoms with Crippen LogP contribution in [0.5, 0.6) is 0 Å². The zero-order valence-corrected chi connectivity index (χ0v) is 15.9. The van der Waals surface area contributed by atoms with Gasteiger partial charge in [-0.1, -0.05) is 0 Å². The van der Waals surface area contributed by atoms with Gasteiger partial charge in [0.2, 0.25) is 0 Å². The monoisotopic (exact) mass is 388 g/mol. The first-order chi connectivity index (χ1) is 13.0. The summed E-state index contributed by atoms with van der Waals surface area (Å²) in [5.74, 6) is -1.61.